The van der Waals surface area contributed by atoms with Crippen molar-refractivity contribution >= 4 is 17.7 Å². The van der Waals surface area contributed by atoms with Gasteiger partial charge in [0.2, 0.25) is 11.8 Å². The largest absolute Gasteiger partial charge is 0.376 e. The van der Waals surface area contributed by atoms with Gasteiger partial charge < -0.3 is 15.0 Å². The Morgan fingerprint density at radius 1 is 1.29 bits per heavy atom. The van der Waals surface area contributed by atoms with E-state index in [2.05, 4.69) is 10.6 Å². The Kier molecular flexibility index (Phi) is 5.16. The minimum Gasteiger partial charge on any atom is -0.376 e. The molecule has 0 aromatic heterocycles. The molecule has 8 heteroatoms. The zero-order chi connectivity index (χ0) is 19.8. The van der Waals surface area contributed by atoms with E-state index in [1.165, 1.54) is 4.90 Å². The zero-order valence-electron chi connectivity index (χ0n) is 15.8. The Labute approximate surface area is 162 Å². The molecule has 0 saturated carbocycles. The first kappa shape index (κ1) is 19.0. The Morgan fingerprint density at radius 3 is 2.86 bits per heavy atom. The number of hydrogen-bond acceptors (Lipinski definition) is 5. The van der Waals surface area contributed by atoms with Crippen molar-refractivity contribution in [2.45, 2.75) is 56.8 Å². The van der Waals surface area contributed by atoms with Crippen LogP contribution < -0.4 is 10.6 Å². The molecule has 0 spiro atoms. The van der Waals surface area contributed by atoms with E-state index in [0.717, 1.165) is 12.8 Å². The lowest BCUT2D eigenvalue weighted by Crippen LogP contribution is -2.52. The zero-order valence-corrected chi connectivity index (χ0v) is 15.8. The minimum absolute atomic E-state index is 0.0428. The van der Waals surface area contributed by atoms with E-state index >= 15 is 4.39 Å². The molecule has 0 aliphatic carbocycles. The van der Waals surface area contributed by atoms with Crippen LogP contribution >= 0.6 is 0 Å². The van der Waals surface area contributed by atoms with Gasteiger partial charge in [0.15, 0.2) is 0 Å². The topological polar surface area (TPSA) is 87.7 Å². The fraction of sp³-hybridized carbons (Fsp3) is 0.550. The van der Waals surface area contributed by atoms with E-state index in [1.54, 1.807) is 12.1 Å². The lowest BCUT2D eigenvalue weighted by Gasteiger charge is -2.31. The monoisotopic (exact) mass is 389 g/mol. The Balaban J connectivity index is 1.55. The minimum atomic E-state index is -0.740. The maximum atomic E-state index is 15.2. The van der Waals surface area contributed by atoms with Crippen molar-refractivity contribution in [2.75, 3.05) is 13.7 Å². The maximum Gasteiger partial charge on any atom is 0.255 e. The van der Waals surface area contributed by atoms with Crippen LogP contribution in [0.5, 0.6) is 0 Å². The van der Waals surface area contributed by atoms with Crippen molar-refractivity contribution in [1.29, 1.82) is 0 Å². The molecule has 3 atom stereocenters. The number of fused-ring (bicyclic) bond motifs is 1. The molecule has 0 bridgehead atoms. The smallest absolute Gasteiger partial charge is 0.255 e. The highest BCUT2D eigenvalue weighted by atomic mass is 19.1. The second-order valence-corrected chi connectivity index (χ2v) is 7.62. The summed E-state index contributed by atoms with van der Waals surface area (Å²) in [5.41, 5.74) is 1.13. The lowest BCUT2D eigenvalue weighted by molar-refractivity contribution is -0.136. The highest BCUT2D eigenvalue weighted by Gasteiger charge is 2.40. The highest BCUT2D eigenvalue weighted by molar-refractivity contribution is 6.05. The molecule has 1 aromatic carbocycles. The van der Waals surface area contributed by atoms with Gasteiger partial charge >= 0.3 is 0 Å². The van der Waals surface area contributed by atoms with E-state index in [-0.39, 0.29) is 43.3 Å². The summed E-state index contributed by atoms with van der Waals surface area (Å²) in [6.07, 6.45) is 2.71. The number of rotatable bonds is 4. The standard InChI is InChI=1S/C20H24FN3O4/c1-22-14-3-2-8-28-16(14)9-11-4-5-12-13(18(11)21)10-24(20(12)27)15-6-7-17(25)23-19(15)26/h4-5,14-16,22H,2-3,6-10H2,1H3,(H,23,25,26)/t14-,15-,16+/m0/s1. The van der Waals surface area contributed by atoms with E-state index in [4.69, 9.17) is 4.74 Å². The molecule has 0 radical (unpaired) electrons. The fourth-order valence-electron chi connectivity index (χ4n) is 4.40. The second-order valence-electron chi connectivity index (χ2n) is 7.62. The number of hydrogen-bond donors (Lipinski definition) is 2. The van der Waals surface area contributed by atoms with Gasteiger partial charge in [-0.05, 0) is 37.9 Å². The second kappa shape index (κ2) is 7.60. The van der Waals surface area contributed by atoms with Crippen LogP contribution in [0.2, 0.25) is 0 Å². The van der Waals surface area contributed by atoms with Crippen LogP contribution in [0.15, 0.2) is 12.1 Å². The molecule has 3 amide bonds. The molecule has 150 valence electrons. The van der Waals surface area contributed by atoms with Crippen LogP contribution in [0.4, 0.5) is 4.39 Å². The third-order valence-corrected chi connectivity index (χ3v) is 5.96. The van der Waals surface area contributed by atoms with Gasteiger partial charge in [-0.3, -0.25) is 19.7 Å². The van der Waals surface area contributed by atoms with E-state index < -0.39 is 17.8 Å². The van der Waals surface area contributed by atoms with Crippen LogP contribution in [0.1, 0.15) is 47.2 Å². The van der Waals surface area contributed by atoms with Crippen LogP contribution in [0.25, 0.3) is 0 Å². The van der Waals surface area contributed by atoms with Gasteiger partial charge in [0, 0.05) is 36.6 Å². The van der Waals surface area contributed by atoms with Gasteiger partial charge in [-0.2, -0.15) is 0 Å². The third kappa shape index (κ3) is 3.31. The summed E-state index contributed by atoms with van der Waals surface area (Å²) in [6.45, 7) is 0.707. The average molecular weight is 389 g/mol. The van der Waals surface area contributed by atoms with Crippen LogP contribution in [-0.2, 0) is 27.3 Å². The molecule has 2 saturated heterocycles. The first-order valence-electron chi connectivity index (χ1n) is 9.73. The number of carbonyl (C=O) groups is 3. The summed E-state index contributed by atoms with van der Waals surface area (Å²) in [6, 6.07) is 2.71. The van der Waals surface area contributed by atoms with Gasteiger partial charge in [-0.1, -0.05) is 6.07 Å². The van der Waals surface area contributed by atoms with Crippen LogP contribution in [-0.4, -0.2) is 54.5 Å². The fourth-order valence-corrected chi connectivity index (χ4v) is 4.40. The number of halogens is 1. The first-order chi connectivity index (χ1) is 13.5. The first-order valence-corrected chi connectivity index (χ1v) is 9.73. The van der Waals surface area contributed by atoms with Gasteiger partial charge in [-0.15, -0.1) is 0 Å². The molecule has 7 nitrogen and oxygen atoms in total. The summed E-state index contributed by atoms with van der Waals surface area (Å²) < 4.78 is 21.1. The molecule has 3 aliphatic heterocycles. The molecule has 28 heavy (non-hydrogen) atoms. The van der Waals surface area contributed by atoms with Crippen LogP contribution in [0.3, 0.4) is 0 Å². The number of amides is 3. The molecular weight excluding hydrogens is 365 g/mol. The van der Waals surface area contributed by atoms with Crippen LogP contribution in [0, 0.1) is 5.82 Å². The number of ether oxygens (including phenoxy) is 1. The molecule has 3 heterocycles. The number of nitrogens with zero attached hydrogens (tertiary/aromatic N) is 1. The van der Waals surface area contributed by atoms with Gasteiger partial charge in [0.1, 0.15) is 11.9 Å². The van der Waals surface area contributed by atoms with Crippen molar-refractivity contribution in [3.8, 4) is 0 Å². The van der Waals surface area contributed by atoms with Gasteiger partial charge in [0.25, 0.3) is 5.91 Å². The van der Waals surface area contributed by atoms with Crippen molar-refractivity contribution in [2.24, 2.45) is 0 Å². The lowest BCUT2D eigenvalue weighted by atomic mass is 9.94. The third-order valence-electron chi connectivity index (χ3n) is 5.96. The predicted octanol–water partition coefficient (Wildman–Crippen LogP) is 0.896. The van der Waals surface area contributed by atoms with Gasteiger partial charge in [-0.25, -0.2) is 4.39 Å². The SMILES string of the molecule is CN[C@H]1CCCO[C@@H]1Cc1ccc2c(c1F)CN([C@H]1CCC(=O)NC1=O)C2=O. The van der Waals surface area contributed by atoms with E-state index in [9.17, 15) is 14.4 Å². The number of imide groups is 1. The van der Waals surface area contributed by atoms with Crippen molar-refractivity contribution in [3.05, 3.63) is 34.6 Å². The number of piperidine rings is 1. The number of nitrogens with one attached hydrogen (secondary N) is 2. The molecule has 1 aromatic rings. The van der Waals surface area contributed by atoms with Crippen molar-refractivity contribution in [1.82, 2.24) is 15.5 Å². The summed E-state index contributed by atoms with van der Waals surface area (Å²) in [5, 5.41) is 5.49. The summed E-state index contributed by atoms with van der Waals surface area (Å²) >= 11 is 0. The molecule has 2 fully saturated rings. The quantitative estimate of drug-likeness (QED) is 0.747. The Hall–Kier alpha value is -2.32. The number of benzene rings is 1. The molecule has 0 unspecified atom stereocenters. The van der Waals surface area contributed by atoms with E-state index in [1.807, 2.05) is 7.05 Å². The Bertz CT molecular complexity index is 828. The molecular formula is C20H24FN3O4. The molecule has 2 N–H and O–H groups in total. The number of likely N-dealkylation sites (N-methyl/N-ethyl adjacent to an activating group) is 1. The molecule has 3 aliphatic rings. The highest BCUT2D eigenvalue weighted by Crippen LogP contribution is 2.31. The Morgan fingerprint density at radius 2 is 2.11 bits per heavy atom. The summed E-state index contributed by atoms with van der Waals surface area (Å²) in [4.78, 5) is 37.6. The number of carbonyl (C=O) groups excluding carboxylic acids is 3. The molecule has 4 rings (SSSR count). The van der Waals surface area contributed by atoms with Gasteiger partial charge in [0.05, 0.1) is 12.6 Å². The van der Waals surface area contributed by atoms with Crippen molar-refractivity contribution in [3.63, 3.8) is 0 Å². The normalized spacial score (nSPS) is 27.7. The maximum absolute atomic E-state index is 15.2. The summed E-state index contributed by atoms with van der Waals surface area (Å²) in [7, 11) is 1.88. The predicted molar refractivity (Wildman–Crippen MR) is 98.0 cm³/mol. The van der Waals surface area contributed by atoms with E-state index in [0.29, 0.717) is 29.7 Å². The summed E-state index contributed by atoms with van der Waals surface area (Å²) in [5.74, 6) is -1.60. The van der Waals surface area contributed by atoms with Crippen molar-refractivity contribution < 1.29 is 23.5 Å². The average Bonchev–Trinajstić information content (AvgIpc) is 3.02.